The van der Waals surface area contributed by atoms with Crippen molar-refractivity contribution in [1.29, 1.82) is 0 Å². The minimum Gasteiger partial charge on any atom is -0.370 e. The van der Waals surface area contributed by atoms with E-state index in [0.717, 1.165) is 18.6 Å². The highest BCUT2D eigenvalue weighted by Crippen LogP contribution is 2.35. The van der Waals surface area contributed by atoms with Gasteiger partial charge in [-0.2, -0.15) is 13.2 Å². The molecule has 0 aliphatic carbocycles. The van der Waals surface area contributed by atoms with Crippen LogP contribution < -0.4 is 0 Å². The van der Waals surface area contributed by atoms with Crippen molar-refractivity contribution in [1.82, 2.24) is 0 Å². The Kier molecular flexibility index (Phi) is 4.37. The lowest BCUT2D eigenvalue weighted by Gasteiger charge is -2.26. The summed E-state index contributed by atoms with van der Waals surface area (Å²) in [7, 11) is 0. The number of hydrogen-bond donors (Lipinski definition) is 0. The smallest absolute Gasteiger partial charge is 0.370 e. The number of Topliss-reactive ketones (excluding diaryl/α,β-unsaturated/α-hetero) is 1. The van der Waals surface area contributed by atoms with Crippen LogP contribution in [0.3, 0.4) is 0 Å². The van der Waals surface area contributed by atoms with Crippen LogP contribution in [0.4, 0.5) is 17.6 Å². The summed E-state index contributed by atoms with van der Waals surface area (Å²) in [5, 5.41) is 0. The highest BCUT2D eigenvalue weighted by Gasteiger charge is 2.38. The second-order valence-corrected chi connectivity index (χ2v) is 5.49. The zero-order chi connectivity index (χ0) is 15.8. The zero-order valence-electron chi connectivity index (χ0n) is 11.8. The predicted octanol–water partition coefficient (Wildman–Crippen LogP) is 4.15. The van der Waals surface area contributed by atoms with Gasteiger partial charge in [-0.25, -0.2) is 4.39 Å². The lowest BCUT2D eigenvalue weighted by Crippen LogP contribution is -2.32. The molecule has 0 radical (unpaired) electrons. The van der Waals surface area contributed by atoms with Crippen LogP contribution in [0.2, 0.25) is 0 Å². The monoisotopic (exact) mass is 304 g/mol. The molecule has 2 atom stereocenters. The van der Waals surface area contributed by atoms with E-state index >= 15 is 0 Å². The molecule has 116 valence electrons. The van der Waals surface area contributed by atoms with Gasteiger partial charge in [-0.1, -0.05) is 13.0 Å². The Balaban J connectivity index is 2.34. The van der Waals surface area contributed by atoms with Gasteiger partial charge in [0.1, 0.15) is 11.9 Å². The molecule has 6 heteroatoms. The van der Waals surface area contributed by atoms with E-state index in [-0.39, 0.29) is 5.56 Å². The number of carbonyl (C=O) groups excluding carboxylic acids is 1. The van der Waals surface area contributed by atoms with E-state index in [1.165, 1.54) is 6.92 Å². The maximum absolute atomic E-state index is 14.1. The van der Waals surface area contributed by atoms with E-state index in [1.807, 2.05) is 6.92 Å². The number of carbonyl (C=O) groups is 1. The highest BCUT2D eigenvalue weighted by atomic mass is 19.4. The Bertz CT molecular complexity index is 543. The SMILES string of the molecule is Cc1ccc(C(=O)[C@@H]2CCC(C)CO2)c(F)c1C(F)(F)F. The quantitative estimate of drug-likeness (QED) is 0.606. The summed E-state index contributed by atoms with van der Waals surface area (Å²) in [6, 6.07) is 2.22. The Morgan fingerprint density at radius 1 is 1.29 bits per heavy atom. The third kappa shape index (κ3) is 3.26. The lowest BCUT2D eigenvalue weighted by atomic mass is 9.93. The first-order chi connectivity index (χ1) is 9.71. The van der Waals surface area contributed by atoms with Gasteiger partial charge in [-0.15, -0.1) is 0 Å². The molecular weight excluding hydrogens is 288 g/mol. The van der Waals surface area contributed by atoms with E-state index < -0.39 is 35.0 Å². The molecule has 0 aromatic heterocycles. The van der Waals surface area contributed by atoms with Gasteiger partial charge in [0, 0.05) is 0 Å². The van der Waals surface area contributed by atoms with Crippen LogP contribution in [0.1, 0.15) is 41.3 Å². The van der Waals surface area contributed by atoms with Gasteiger partial charge in [0.15, 0.2) is 5.78 Å². The average molecular weight is 304 g/mol. The minimum atomic E-state index is -4.83. The minimum absolute atomic E-state index is 0.241. The number of ether oxygens (including phenoxy) is 1. The van der Waals surface area contributed by atoms with Crippen LogP contribution in [0.25, 0.3) is 0 Å². The van der Waals surface area contributed by atoms with Gasteiger partial charge in [0.2, 0.25) is 0 Å². The second-order valence-electron chi connectivity index (χ2n) is 5.49. The van der Waals surface area contributed by atoms with Gasteiger partial charge < -0.3 is 4.74 Å². The number of ketones is 1. The van der Waals surface area contributed by atoms with Crippen molar-refractivity contribution in [3.63, 3.8) is 0 Å². The third-order valence-corrected chi connectivity index (χ3v) is 3.70. The fraction of sp³-hybridized carbons (Fsp3) is 0.533. The molecule has 1 fully saturated rings. The van der Waals surface area contributed by atoms with Gasteiger partial charge in [0.25, 0.3) is 0 Å². The van der Waals surface area contributed by atoms with Crippen molar-refractivity contribution in [2.75, 3.05) is 6.61 Å². The molecule has 0 N–H and O–H groups in total. The Morgan fingerprint density at radius 3 is 2.48 bits per heavy atom. The van der Waals surface area contributed by atoms with E-state index in [1.54, 1.807) is 0 Å². The topological polar surface area (TPSA) is 26.3 Å². The molecule has 0 spiro atoms. The van der Waals surface area contributed by atoms with E-state index in [0.29, 0.717) is 18.9 Å². The first kappa shape index (κ1) is 15.9. The van der Waals surface area contributed by atoms with Crippen molar-refractivity contribution in [3.05, 3.63) is 34.6 Å². The average Bonchev–Trinajstić information content (AvgIpc) is 2.37. The normalized spacial score (nSPS) is 23.1. The predicted molar refractivity (Wildman–Crippen MR) is 68.6 cm³/mol. The largest absolute Gasteiger partial charge is 0.419 e. The van der Waals surface area contributed by atoms with Crippen molar-refractivity contribution < 1.29 is 27.1 Å². The molecule has 2 nitrogen and oxygen atoms in total. The summed E-state index contributed by atoms with van der Waals surface area (Å²) >= 11 is 0. The molecule has 2 rings (SSSR count). The number of aryl methyl sites for hydroxylation is 1. The maximum atomic E-state index is 14.1. The van der Waals surface area contributed by atoms with Crippen LogP contribution in [-0.4, -0.2) is 18.5 Å². The first-order valence-corrected chi connectivity index (χ1v) is 6.74. The number of rotatable bonds is 2. The van der Waals surface area contributed by atoms with Gasteiger partial charge in [-0.05, 0) is 37.3 Å². The molecule has 1 aliphatic heterocycles. The van der Waals surface area contributed by atoms with Crippen molar-refractivity contribution >= 4 is 5.78 Å². The van der Waals surface area contributed by atoms with Crippen LogP contribution in [0.5, 0.6) is 0 Å². The third-order valence-electron chi connectivity index (χ3n) is 3.70. The fourth-order valence-electron chi connectivity index (χ4n) is 2.47. The zero-order valence-corrected chi connectivity index (χ0v) is 11.8. The molecule has 1 saturated heterocycles. The van der Waals surface area contributed by atoms with Crippen LogP contribution >= 0.6 is 0 Å². The van der Waals surface area contributed by atoms with Gasteiger partial charge in [-0.3, -0.25) is 4.79 Å². The van der Waals surface area contributed by atoms with Gasteiger partial charge >= 0.3 is 6.18 Å². The molecule has 0 amide bonds. The second kappa shape index (κ2) is 5.75. The molecule has 1 unspecified atom stereocenters. The first-order valence-electron chi connectivity index (χ1n) is 6.74. The van der Waals surface area contributed by atoms with E-state index in [2.05, 4.69) is 0 Å². The van der Waals surface area contributed by atoms with Crippen LogP contribution in [0.15, 0.2) is 12.1 Å². The van der Waals surface area contributed by atoms with Crippen LogP contribution in [-0.2, 0) is 10.9 Å². The highest BCUT2D eigenvalue weighted by molar-refractivity contribution is 6.00. The molecule has 0 saturated carbocycles. The van der Waals surface area contributed by atoms with Gasteiger partial charge in [0.05, 0.1) is 17.7 Å². The molecule has 1 aromatic carbocycles. The van der Waals surface area contributed by atoms with Crippen LogP contribution in [0, 0.1) is 18.7 Å². The molecule has 1 aromatic rings. The standard InChI is InChI=1S/C15H16F4O2/c1-8-3-6-11(21-7-8)14(20)10-5-4-9(2)12(13(10)16)15(17,18)19/h4-5,8,11H,3,6-7H2,1-2H3/t8?,11-/m0/s1. The van der Waals surface area contributed by atoms with Crippen molar-refractivity contribution in [3.8, 4) is 0 Å². The summed E-state index contributed by atoms with van der Waals surface area (Å²) < 4.78 is 58.0. The fourth-order valence-corrected chi connectivity index (χ4v) is 2.47. The Hall–Kier alpha value is -1.43. The molecule has 1 heterocycles. The van der Waals surface area contributed by atoms with E-state index in [9.17, 15) is 22.4 Å². The maximum Gasteiger partial charge on any atom is 0.419 e. The number of halogens is 4. The number of benzene rings is 1. The van der Waals surface area contributed by atoms with Crippen molar-refractivity contribution in [2.24, 2.45) is 5.92 Å². The summed E-state index contributed by atoms with van der Waals surface area (Å²) in [6.07, 6.45) is -4.56. The Labute approximate surface area is 120 Å². The van der Waals surface area contributed by atoms with E-state index in [4.69, 9.17) is 4.74 Å². The lowest BCUT2D eigenvalue weighted by molar-refractivity contribution is -0.140. The number of alkyl halides is 3. The molecule has 0 bridgehead atoms. The molecule has 1 aliphatic rings. The summed E-state index contributed by atoms with van der Waals surface area (Å²) in [5.74, 6) is -1.93. The molecule has 21 heavy (non-hydrogen) atoms. The summed E-state index contributed by atoms with van der Waals surface area (Å²) in [4.78, 5) is 12.2. The summed E-state index contributed by atoms with van der Waals surface area (Å²) in [6.45, 7) is 3.48. The number of hydrogen-bond acceptors (Lipinski definition) is 2. The van der Waals surface area contributed by atoms with Crippen molar-refractivity contribution in [2.45, 2.75) is 39.0 Å². The Morgan fingerprint density at radius 2 is 1.95 bits per heavy atom. The summed E-state index contributed by atoms with van der Waals surface area (Å²) in [5.41, 5.74) is -2.17. The molecular formula is C15H16F4O2.